The lowest BCUT2D eigenvalue weighted by molar-refractivity contribution is -0.146. The highest BCUT2D eigenvalue weighted by atomic mass is 35.5. The molecule has 0 spiro atoms. The number of amides is 3. The summed E-state index contributed by atoms with van der Waals surface area (Å²) in [5.74, 6) is 0.262. The Hall–Kier alpha value is -2.32. The smallest absolute Gasteiger partial charge is 0.314 e. The van der Waals surface area contributed by atoms with Crippen molar-refractivity contribution in [3.8, 4) is 0 Å². The van der Waals surface area contributed by atoms with Crippen LogP contribution in [0.1, 0.15) is 50.3 Å². The maximum Gasteiger partial charge on any atom is 0.314 e. The zero-order valence-electron chi connectivity index (χ0n) is 21.4. The molecule has 0 radical (unpaired) electrons. The molecule has 1 unspecified atom stereocenters. The standard InChI is InChI=1S/C28H36Cl2N4O3/c1-28(2,37)24-18-33(15-16-34(24)25(35)17-19-11-13-32(14-12-19)27(31)36)26(20-3-7-22(29)8-4-20)21-5-9-23(30)10-6-21/h3-10,19,24,26,37H,11-18H2,1-2H3,(H2,31,36). The molecule has 0 bridgehead atoms. The summed E-state index contributed by atoms with van der Waals surface area (Å²) >= 11 is 12.4. The predicted octanol–water partition coefficient (Wildman–Crippen LogP) is 4.55. The third-order valence-corrected chi connectivity index (χ3v) is 8.18. The minimum atomic E-state index is -1.09. The maximum absolute atomic E-state index is 13.5. The van der Waals surface area contributed by atoms with E-state index in [2.05, 4.69) is 4.90 Å². The van der Waals surface area contributed by atoms with Crippen molar-refractivity contribution >= 4 is 35.1 Å². The molecular weight excluding hydrogens is 511 g/mol. The number of aliphatic hydroxyl groups is 1. The van der Waals surface area contributed by atoms with Gasteiger partial charge in [-0.15, -0.1) is 0 Å². The van der Waals surface area contributed by atoms with Crippen LogP contribution < -0.4 is 5.73 Å². The summed E-state index contributed by atoms with van der Waals surface area (Å²) in [7, 11) is 0. The van der Waals surface area contributed by atoms with E-state index in [4.69, 9.17) is 28.9 Å². The fraction of sp³-hybridized carbons (Fsp3) is 0.500. The van der Waals surface area contributed by atoms with Crippen molar-refractivity contribution < 1.29 is 14.7 Å². The van der Waals surface area contributed by atoms with Gasteiger partial charge >= 0.3 is 6.03 Å². The average molecular weight is 548 g/mol. The van der Waals surface area contributed by atoms with Gasteiger partial charge in [0.15, 0.2) is 0 Å². The van der Waals surface area contributed by atoms with Gasteiger partial charge in [-0.3, -0.25) is 9.69 Å². The molecular formula is C28H36Cl2N4O3. The van der Waals surface area contributed by atoms with Gasteiger partial charge in [0.1, 0.15) is 0 Å². The van der Waals surface area contributed by atoms with Gasteiger partial charge in [-0.05, 0) is 68.0 Å². The number of piperidine rings is 1. The molecule has 9 heteroatoms. The number of nitrogens with two attached hydrogens (primary N) is 1. The van der Waals surface area contributed by atoms with Gasteiger partial charge in [0.25, 0.3) is 0 Å². The number of primary amides is 1. The number of nitrogens with zero attached hydrogens (tertiary/aromatic N) is 3. The van der Waals surface area contributed by atoms with E-state index in [1.807, 2.05) is 53.4 Å². The molecule has 2 fully saturated rings. The predicted molar refractivity (Wildman–Crippen MR) is 147 cm³/mol. The zero-order valence-corrected chi connectivity index (χ0v) is 23.0. The first kappa shape index (κ1) is 27.7. The Labute approximate surface area is 229 Å². The van der Waals surface area contributed by atoms with E-state index in [1.165, 1.54) is 0 Å². The number of hydrogen-bond donors (Lipinski definition) is 2. The lowest BCUT2D eigenvalue weighted by atomic mass is 9.89. The van der Waals surface area contributed by atoms with Gasteiger partial charge in [0, 0.05) is 49.2 Å². The molecule has 4 rings (SSSR count). The fourth-order valence-corrected chi connectivity index (χ4v) is 5.82. The second-order valence-electron chi connectivity index (χ2n) is 10.7. The summed E-state index contributed by atoms with van der Waals surface area (Å²) in [6.07, 6.45) is 1.94. The van der Waals surface area contributed by atoms with E-state index >= 15 is 0 Å². The van der Waals surface area contributed by atoms with E-state index in [0.717, 1.165) is 24.0 Å². The summed E-state index contributed by atoms with van der Waals surface area (Å²) in [5.41, 5.74) is 6.48. The molecule has 2 aromatic carbocycles. The number of urea groups is 1. The Morgan fingerprint density at radius 2 is 1.46 bits per heavy atom. The highest BCUT2D eigenvalue weighted by molar-refractivity contribution is 6.30. The molecule has 1 atom stereocenters. The molecule has 2 aliphatic rings. The largest absolute Gasteiger partial charge is 0.388 e. The molecule has 7 nitrogen and oxygen atoms in total. The Morgan fingerprint density at radius 3 is 1.92 bits per heavy atom. The van der Waals surface area contributed by atoms with Crippen molar-refractivity contribution in [1.82, 2.24) is 14.7 Å². The highest BCUT2D eigenvalue weighted by Crippen LogP contribution is 2.34. The molecule has 2 saturated heterocycles. The SMILES string of the molecule is CC(C)(O)C1CN(C(c2ccc(Cl)cc2)c2ccc(Cl)cc2)CCN1C(=O)CC1CCN(C(N)=O)CC1. The van der Waals surface area contributed by atoms with Crippen LogP contribution in [0.3, 0.4) is 0 Å². The second-order valence-corrected chi connectivity index (χ2v) is 11.6. The Balaban J connectivity index is 1.53. The molecule has 3 amide bonds. The molecule has 2 heterocycles. The van der Waals surface area contributed by atoms with Crippen LogP contribution in [0.2, 0.25) is 10.0 Å². The normalized spacial score (nSPS) is 19.9. The number of piperazine rings is 1. The van der Waals surface area contributed by atoms with Crippen molar-refractivity contribution in [3.05, 3.63) is 69.7 Å². The number of carbonyl (C=O) groups is 2. The van der Waals surface area contributed by atoms with Gasteiger partial charge in [-0.1, -0.05) is 47.5 Å². The number of rotatable bonds is 6. The van der Waals surface area contributed by atoms with Crippen LogP contribution in [0.15, 0.2) is 48.5 Å². The molecule has 0 saturated carbocycles. The molecule has 0 aliphatic carbocycles. The Kier molecular flexibility index (Phi) is 8.69. The van der Waals surface area contributed by atoms with Gasteiger partial charge in [-0.2, -0.15) is 0 Å². The first-order valence-electron chi connectivity index (χ1n) is 12.8. The van der Waals surface area contributed by atoms with Crippen LogP contribution in [0.25, 0.3) is 0 Å². The lowest BCUT2D eigenvalue weighted by Gasteiger charge is -2.49. The van der Waals surface area contributed by atoms with E-state index in [0.29, 0.717) is 49.2 Å². The van der Waals surface area contributed by atoms with Crippen molar-refractivity contribution in [3.63, 3.8) is 0 Å². The summed E-state index contributed by atoms with van der Waals surface area (Å²) in [4.78, 5) is 30.7. The molecule has 2 aromatic rings. The highest BCUT2D eigenvalue weighted by Gasteiger charge is 2.42. The van der Waals surface area contributed by atoms with Crippen molar-refractivity contribution in [2.24, 2.45) is 11.7 Å². The quantitative estimate of drug-likeness (QED) is 0.556. The molecule has 2 aliphatic heterocycles. The van der Waals surface area contributed by atoms with Crippen LogP contribution in [0.5, 0.6) is 0 Å². The van der Waals surface area contributed by atoms with E-state index < -0.39 is 11.6 Å². The first-order chi connectivity index (χ1) is 17.5. The van der Waals surface area contributed by atoms with Gasteiger partial charge in [0.05, 0.1) is 17.7 Å². The minimum Gasteiger partial charge on any atom is -0.388 e. The Morgan fingerprint density at radius 1 is 0.946 bits per heavy atom. The first-order valence-corrected chi connectivity index (χ1v) is 13.6. The van der Waals surface area contributed by atoms with Crippen molar-refractivity contribution in [2.75, 3.05) is 32.7 Å². The van der Waals surface area contributed by atoms with E-state index in [-0.39, 0.29) is 23.9 Å². The summed E-state index contributed by atoms with van der Waals surface area (Å²) < 4.78 is 0. The van der Waals surface area contributed by atoms with Crippen LogP contribution in [-0.2, 0) is 4.79 Å². The van der Waals surface area contributed by atoms with Crippen molar-refractivity contribution in [2.45, 2.75) is 50.8 Å². The summed E-state index contributed by atoms with van der Waals surface area (Å²) in [6.45, 7) is 6.41. The monoisotopic (exact) mass is 546 g/mol. The van der Waals surface area contributed by atoms with E-state index in [1.54, 1.807) is 18.7 Å². The van der Waals surface area contributed by atoms with Crippen LogP contribution in [0, 0.1) is 5.92 Å². The topological polar surface area (TPSA) is 90.1 Å². The third-order valence-electron chi connectivity index (χ3n) is 7.67. The number of hydrogen-bond acceptors (Lipinski definition) is 4. The molecule has 200 valence electrons. The van der Waals surface area contributed by atoms with E-state index in [9.17, 15) is 14.7 Å². The average Bonchev–Trinajstić information content (AvgIpc) is 2.86. The minimum absolute atomic E-state index is 0.0545. The van der Waals surface area contributed by atoms with Crippen LogP contribution in [-0.4, -0.2) is 76.1 Å². The molecule has 3 N–H and O–H groups in total. The van der Waals surface area contributed by atoms with Gasteiger partial charge < -0.3 is 20.6 Å². The van der Waals surface area contributed by atoms with Gasteiger partial charge in [0.2, 0.25) is 5.91 Å². The van der Waals surface area contributed by atoms with Crippen LogP contribution >= 0.6 is 23.2 Å². The zero-order chi connectivity index (χ0) is 26.7. The summed E-state index contributed by atoms with van der Waals surface area (Å²) in [5, 5.41) is 12.5. The van der Waals surface area contributed by atoms with Crippen molar-refractivity contribution in [1.29, 1.82) is 0 Å². The summed E-state index contributed by atoms with van der Waals surface area (Å²) in [6, 6.07) is 14.8. The number of halogens is 2. The lowest BCUT2D eigenvalue weighted by Crippen LogP contribution is -2.63. The van der Waals surface area contributed by atoms with Crippen LogP contribution in [0.4, 0.5) is 4.79 Å². The maximum atomic E-state index is 13.5. The number of carbonyl (C=O) groups excluding carboxylic acids is 2. The molecule has 37 heavy (non-hydrogen) atoms. The van der Waals surface area contributed by atoms with Gasteiger partial charge in [-0.25, -0.2) is 4.79 Å². The number of benzene rings is 2. The third kappa shape index (κ3) is 6.77. The number of likely N-dealkylation sites (tertiary alicyclic amines) is 1. The fourth-order valence-electron chi connectivity index (χ4n) is 5.57. The molecule has 0 aromatic heterocycles. The second kappa shape index (κ2) is 11.6. The Bertz CT molecular complexity index is 1030.